The van der Waals surface area contributed by atoms with Gasteiger partial charge in [0.25, 0.3) is 0 Å². The van der Waals surface area contributed by atoms with Crippen LogP contribution in [0.4, 0.5) is 5.82 Å². The van der Waals surface area contributed by atoms with Gasteiger partial charge in [-0.2, -0.15) is 5.11 Å². The molecule has 0 fully saturated rings. The van der Waals surface area contributed by atoms with Crippen molar-refractivity contribution >= 4 is 27.4 Å². The van der Waals surface area contributed by atoms with Gasteiger partial charge < -0.3 is 19.3 Å². The summed E-state index contributed by atoms with van der Waals surface area (Å²) >= 11 is 1.57. The van der Waals surface area contributed by atoms with E-state index in [0.29, 0.717) is 18.2 Å². The molecule has 0 bridgehead atoms. The first kappa shape index (κ1) is 22.5. The Labute approximate surface area is 195 Å². The lowest BCUT2D eigenvalue weighted by molar-refractivity contribution is 0.332. The van der Waals surface area contributed by atoms with Gasteiger partial charge in [-0.1, -0.05) is 12.1 Å². The average Bonchev–Trinajstić information content (AvgIpc) is 3.16. The van der Waals surface area contributed by atoms with Gasteiger partial charge in [0.15, 0.2) is 17.3 Å². The van der Waals surface area contributed by atoms with Crippen LogP contribution in [-0.4, -0.2) is 35.9 Å². The van der Waals surface area contributed by atoms with Crippen LogP contribution in [0.25, 0.3) is 20.7 Å². The maximum absolute atomic E-state index is 10.2. The number of azo groups is 1. The lowest BCUT2D eigenvalue weighted by Crippen LogP contribution is -1.93. The molecule has 0 aliphatic carbocycles. The Hall–Kier alpha value is -3.72. The van der Waals surface area contributed by atoms with Crippen LogP contribution < -0.4 is 14.2 Å². The molecule has 0 saturated heterocycles. The molecule has 0 aliphatic rings. The summed E-state index contributed by atoms with van der Waals surface area (Å²) in [7, 11) is 2.99. The number of benzene rings is 2. The maximum Gasteiger partial charge on any atom is 0.203 e. The van der Waals surface area contributed by atoms with Gasteiger partial charge in [-0.3, -0.25) is 0 Å². The number of aryl methyl sites for hydroxylation is 1. The van der Waals surface area contributed by atoms with Crippen LogP contribution in [0.3, 0.4) is 0 Å². The van der Waals surface area contributed by atoms with E-state index in [4.69, 9.17) is 14.2 Å². The molecule has 0 saturated carbocycles. The van der Waals surface area contributed by atoms with E-state index in [0.717, 1.165) is 37.5 Å². The van der Waals surface area contributed by atoms with Crippen molar-refractivity contribution in [3.05, 3.63) is 53.9 Å². The Bertz CT molecular complexity index is 1320. The van der Waals surface area contributed by atoms with Gasteiger partial charge in [0, 0.05) is 10.4 Å². The van der Waals surface area contributed by atoms with Gasteiger partial charge in [0.05, 0.1) is 32.9 Å². The Morgan fingerprint density at radius 3 is 2.64 bits per heavy atom. The minimum Gasteiger partial charge on any atom is -0.504 e. The first-order valence-corrected chi connectivity index (χ1v) is 11.2. The summed E-state index contributed by atoms with van der Waals surface area (Å²) in [4.78, 5) is 9.88. The molecule has 0 radical (unpaired) electrons. The molecule has 1 N–H and O–H groups in total. The smallest absolute Gasteiger partial charge is 0.203 e. The summed E-state index contributed by atoms with van der Waals surface area (Å²) in [6.07, 6.45) is 1.50. The number of hydrogen-bond acceptors (Lipinski definition) is 9. The third kappa shape index (κ3) is 4.45. The zero-order valence-corrected chi connectivity index (χ0v) is 19.6. The summed E-state index contributed by atoms with van der Waals surface area (Å²) in [5, 5.41) is 18.8. The summed E-state index contributed by atoms with van der Waals surface area (Å²) in [5.41, 5.74) is 3.64. The van der Waals surface area contributed by atoms with Crippen LogP contribution in [0.5, 0.6) is 23.0 Å². The van der Waals surface area contributed by atoms with E-state index in [1.807, 2.05) is 38.1 Å². The van der Waals surface area contributed by atoms with Crippen LogP contribution in [-0.2, 0) is 6.54 Å². The van der Waals surface area contributed by atoms with Crippen LogP contribution in [0.2, 0.25) is 0 Å². The summed E-state index contributed by atoms with van der Waals surface area (Å²) in [6, 6.07) is 11.3. The lowest BCUT2D eigenvalue weighted by atomic mass is 10.1. The molecule has 0 spiro atoms. The number of methoxy groups -OCH3 is 2. The largest absolute Gasteiger partial charge is 0.504 e. The lowest BCUT2D eigenvalue weighted by Gasteiger charge is -2.10. The fourth-order valence-corrected chi connectivity index (χ4v) is 4.77. The zero-order chi connectivity index (χ0) is 23.4. The Balaban J connectivity index is 1.67. The standard InChI is InChI=1S/C24H24N4O4S/c1-5-32-18-9-7-6-8-16(18)22-14(2)20-23(33-22)24(26-13-25-20)28-27-12-15-10-17(29)21(31-4)19(11-15)30-3/h6-11,13,29H,5,12H2,1-4H3. The highest BCUT2D eigenvalue weighted by atomic mass is 32.1. The van der Waals surface area contributed by atoms with Gasteiger partial charge in [-0.15, -0.1) is 16.5 Å². The number of nitrogens with zero attached hydrogens (tertiary/aromatic N) is 4. The molecule has 2 aromatic heterocycles. The first-order valence-electron chi connectivity index (χ1n) is 10.3. The molecular formula is C24H24N4O4S. The van der Waals surface area contributed by atoms with Crippen LogP contribution in [0.1, 0.15) is 18.1 Å². The quantitative estimate of drug-likeness (QED) is 0.318. The van der Waals surface area contributed by atoms with Crippen molar-refractivity contribution in [1.82, 2.24) is 9.97 Å². The second-order valence-corrected chi connectivity index (χ2v) is 8.13. The average molecular weight is 465 g/mol. The molecule has 0 aliphatic heterocycles. The number of hydrogen-bond donors (Lipinski definition) is 1. The molecule has 2 aromatic carbocycles. The molecule has 2 heterocycles. The second kappa shape index (κ2) is 9.83. The highest BCUT2D eigenvalue weighted by molar-refractivity contribution is 7.23. The highest BCUT2D eigenvalue weighted by Gasteiger charge is 2.18. The number of phenols is 1. The summed E-state index contributed by atoms with van der Waals surface area (Å²) in [5.74, 6) is 2.03. The van der Waals surface area contributed by atoms with Crippen LogP contribution >= 0.6 is 11.3 Å². The van der Waals surface area contributed by atoms with E-state index in [1.54, 1.807) is 23.5 Å². The van der Waals surface area contributed by atoms with Crippen molar-refractivity contribution in [3.63, 3.8) is 0 Å². The number of ether oxygens (including phenoxy) is 3. The predicted octanol–water partition coefficient (Wildman–Crippen LogP) is 6.07. The topological polar surface area (TPSA) is 98.4 Å². The zero-order valence-electron chi connectivity index (χ0n) is 18.8. The van der Waals surface area contributed by atoms with Gasteiger partial charge in [0.1, 0.15) is 16.8 Å². The van der Waals surface area contributed by atoms with Crippen molar-refractivity contribution in [2.75, 3.05) is 20.8 Å². The number of phenolic OH excluding ortho intramolecular Hbond substituents is 1. The highest BCUT2D eigenvalue weighted by Crippen LogP contribution is 2.43. The molecule has 33 heavy (non-hydrogen) atoms. The van der Waals surface area contributed by atoms with E-state index in [-0.39, 0.29) is 18.0 Å². The van der Waals surface area contributed by atoms with Gasteiger partial charge in [-0.05, 0) is 49.2 Å². The number of rotatable bonds is 8. The number of aromatic nitrogens is 2. The van der Waals surface area contributed by atoms with E-state index in [1.165, 1.54) is 20.5 Å². The van der Waals surface area contributed by atoms with Crippen molar-refractivity contribution in [2.45, 2.75) is 20.4 Å². The fourth-order valence-electron chi connectivity index (χ4n) is 3.55. The molecule has 4 aromatic rings. The number of para-hydroxylation sites is 1. The molecule has 8 nitrogen and oxygen atoms in total. The molecule has 4 rings (SSSR count). The van der Waals surface area contributed by atoms with E-state index < -0.39 is 0 Å². The molecular weight excluding hydrogens is 440 g/mol. The molecule has 170 valence electrons. The van der Waals surface area contributed by atoms with E-state index in [2.05, 4.69) is 20.2 Å². The van der Waals surface area contributed by atoms with E-state index >= 15 is 0 Å². The van der Waals surface area contributed by atoms with E-state index in [9.17, 15) is 5.11 Å². The molecule has 0 atom stereocenters. The minimum absolute atomic E-state index is 0.0158. The maximum atomic E-state index is 10.2. The summed E-state index contributed by atoms with van der Waals surface area (Å²) in [6.45, 7) is 4.84. The third-order valence-corrected chi connectivity index (χ3v) is 6.36. The third-order valence-electron chi connectivity index (χ3n) is 5.05. The molecule has 9 heteroatoms. The Morgan fingerprint density at radius 1 is 1.06 bits per heavy atom. The SMILES string of the molecule is CCOc1ccccc1-c1sc2c(N=NCc3cc(O)c(OC)c(OC)c3)ncnc2c1C. The van der Waals surface area contributed by atoms with Crippen molar-refractivity contribution in [2.24, 2.45) is 10.2 Å². The molecule has 0 amide bonds. The van der Waals surface area contributed by atoms with Crippen molar-refractivity contribution in [3.8, 4) is 33.4 Å². The van der Waals surface area contributed by atoms with Crippen molar-refractivity contribution in [1.29, 1.82) is 0 Å². The van der Waals surface area contributed by atoms with Gasteiger partial charge in [0.2, 0.25) is 5.75 Å². The Kier molecular flexibility index (Phi) is 6.69. The predicted molar refractivity (Wildman–Crippen MR) is 128 cm³/mol. The van der Waals surface area contributed by atoms with Crippen molar-refractivity contribution < 1.29 is 19.3 Å². The minimum atomic E-state index is -0.0158. The normalized spacial score (nSPS) is 11.3. The Morgan fingerprint density at radius 2 is 1.88 bits per heavy atom. The first-order chi connectivity index (χ1) is 16.1. The second-order valence-electron chi connectivity index (χ2n) is 7.11. The summed E-state index contributed by atoms with van der Waals surface area (Å²) < 4.78 is 17.1. The van der Waals surface area contributed by atoms with Gasteiger partial charge >= 0.3 is 0 Å². The number of thiophene rings is 1. The number of aromatic hydroxyl groups is 1. The van der Waals surface area contributed by atoms with Gasteiger partial charge in [-0.25, -0.2) is 9.97 Å². The molecule has 0 unspecified atom stereocenters. The number of fused-ring (bicyclic) bond motifs is 1. The van der Waals surface area contributed by atoms with Crippen LogP contribution in [0, 0.1) is 6.92 Å². The van der Waals surface area contributed by atoms with Crippen LogP contribution in [0.15, 0.2) is 53.0 Å². The fraction of sp³-hybridized carbons (Fsp3) is 0.250. The monoisotopic (exact) mass is 464 g/mol.